The first-order valence-corrected chi connectivity index (χ1v) is 6.69. The molecule has 0 saturated heterocycles. The van der Waals surface area contributed by atoms with Gasteiger partial charge in [0.25, 0.3) is 0 Å². The lowest BCUT2D eigenvalue weighted by atomic mass is 9.87. The zero-order valence-electron chi connectivity index (χ0n) is 11.2. The molecule has 0 amide bonds. The minimum atomic E-state index is -1.21. The van der Waals surface area contributed by atoms with Crippen molar-refractivity contribution in [3.05, 3.63) is 35.4 Å². The first kappa shape index (κ1) is 14.2. The Morgan fingerprint density at radius 2 is 1.95 bits per heavy atom. The average Bonchev–Trinajstić information content (AvgIpc) is 3.00. The van der Waals surface area contributed by atoms with Crippen LogP contribution in [-0.4, -0.2) is 24.6 Å². The first-order valence-electron chi connectivity index (χ1n) is 6.69. The van der Waals surface area contributed by atoms with Crippen molar-refractivity contribution in [2.45, 2.75) is 37.5 Å². The summed E-state index contributed by atoms with van der Waals surface area (Å²) in [5.74, 6) is 0.177. The first-order chi connectivity index (χ1) is 9.11. The fraction of sp³-hybridized carbons (Fsp3) is 0.533. The molecule has 3 N–H and O–H groups in total. The molecule has 104 valence electrons. The summed E-state index contributed by atoms with van der Waals surface area (Å²) in [7, 11) is 1.51. The number of hydrogen-bond donors (Lipinski definition) is 2. The fourth-order valence-corrected chi connectivity index (χ4v) is 2.85. The largest absolute Gasteiger partial charge is 0.388 e. The topological polar surface area (TPSA) is 72.5 Å². The van der Waals surface area contributed by atoms with E-state index in [9.17, 15) is 9.90 Å². The van der Waals surface area contributed by atoms with E-state index in [1.165, 1.54) is 7.11 Å². The highest BCUT2D eigenvalue weighted by atomic mass is 16.5. The van der Waals surface area contributed by atoms with Gasteiger partial charge in [-0.25, -0.2) is 0 Å². The molecule has 1 saturated carbocycles. The van der Waals surface area contributed by atoms with Crippen LogP contribution in [0, 0.1) is 5.92 Å². The summed E-state index contributed by atoms with van der Waals surface area (Å²) < 4.78 is 5.41. The molecule has 4 nitrogen and oxygen atoms in total. The molecule has 1 aromatic rings. The molecule has 1 aromatic carbocycles. The van der Waals surface area contributed by atoms with Crippen molar-refractivity contribution >= 4 is 6.29 Å². The van der Waals surface area contributed by atoms with Crippen molar-refractivity contribution in [3.63, 3.8) is 0 Å². The van der Waals surface area contributed by atoms with Crippen LogP contribution in [0.25, 0.3) is 0 Å². The van der Waals surface area contributed by atoms with E-state index in [4.69, 9.17) is 10.5 Å². The molecule has 1 fully saturated rings. The number of methoxy groups -OCH3 is 1. The van der Waals surface area contributed by atoms with Crippen molar-refractivity contribution in [1.82, 2.24) is 0 Å². The lowest BCUT2D eigenvalue weighted by Crippen LogP contribution is -2.52. The maximum absolute atomic E-state index is 10.7. The summed E-state index contributed by atoms with van der Waals surface area (Å²) in [6.45, 7) is 0. The molecule has 2 rings (SSSR count). The van der Waals surface area contributed by atoms with Gasteiger partial charge in [-0.15, -0.1) is 0 Å². The van der Waals surface area contributed by atoms with Crippen molar-refractivity contribution in [1.29, 1.82) is 0 Å². The van der Waals surface area contributed by atoms with E-state index in [0.717, 1.165) is 32.0 Å². The van der Waals surface area contributed by atoms with Crippen LogP contribution in [0.15, 0.2) is 24.3 Å². The maximum atomic E-state index is 10.7. The van der Waals surface area contributed by atoms with E-state index in [2.05, 4.69) is 0 Å². The molecule has 4 heteroatoms. The Bertz CT molecular complexity index is 426. The molecule has 19 heavy (non-hydrogen) atoms. The highest BCUT2D eigenvalue weighted by Gasteiger charge is 2.41. The van der Waals surface area contributed by atoms with Crippen LogP contribution in [0.3, 0.4) is 0 Å². The summed E-state index contributed by atoms with van der Waals surface area (Å²) in [4.78, 5) is 10.7. The summed E-state index contributed by atoms with van der Waals surface area (Å²) >= 11 is 0. The van der Waals surface area contributed by atoms with Gasteiger partial charge >= 0.3 is 0 Å². The Balaban J connectivity index is 2.26. The molecular weight excluding hydrogens is 242 g/mol. The van der Waals surface area contributed by atoms with Gasteiger partial charge in [-0.1, -0.05) is 37.1 Å². The van der Waals surface area contributed by atoms with Crippen molar-refractivity contribution in [3.8, 4) is 0 Å². The van der Waals surface area contributed by atoms with Gasteiger partial charge in [0.2, 0.25) is 0 Å². The number of aldehydes is 1. The van der Waals surface area contributed by atoms with Gasteiger partial charge in [0, 0.05) is 18.2 Å². The third-order valence-corrected chi connectivity index (χ3v) is 4.12. The van der Waals surface area contributed by atoms with E-state index < -0.39 is 11.8 Å². The van der Waals surface area contributed by atoms with Crippen molar-refractivity contribution in [2.75, 3.05) is 7.11 Å². The normalized spacial score (nSPS) is 21.0. The maximum Gasteiger partial charge on any atom is 0.168 e. The number of ether oxygens (including phenoxy) is 1. The van der Waals surface area contributed by atoms with Crippen LogP contribution in [0.5, 0.6) is 0 Å². The Hall–Kier alpha value is -1.23. The number of nitrogens with two attached hydrogens (primary N) is 1. The summed E-state index contributed by atoms with van der Waals surface area (Å²) in [6, 6.07) is 6.85. The quantitative estimate of drug-likeness (QED) is 0.627. The number of hydrogen-bond acceptors (Lipinski definition) is 4. The van der Waals surface area contributed by atoms with Gasteiger partial charge in [-0.3, -0.25) is 10.5 Å². The third-order valence-electron chi connectivity index (χ3n) is 4.12. The Morgan fingerprint density at radius 3 is 2.42 bits per heavy atom. The number of carbonyl (C=O) groups is 1. The standard InChI is InChI=1S/C15H21NO3/c1-19-15(16,14(18)12-4-2-3-5-12)13-8-6-11(10-17)7-9-13/h6-10,12,14,18H,2-5,16H2,1H3/t14-,15-/m1/s1. The number of aliphatic hydroxyl groups excluding tert-OH is 1. The van der Waals surface area contributed by atoms with Crippen molar-refractivity contribution < 1.29 is 14.6 Å². The number of benzene rings is 1. The number of rotatable bonds is 5. The predicted octanol–water partition coefficient (Wildman–Crippen LogP) is 1.81. The van der Waals surface area contributed by atoms with Gasteiger partial charge in [0.05, 0.1) is 0 Å². The summed E-state index contributed by atoms with van der Waals surface area (Å²) in [5.41, 5.74) is 6.34. The molecule has 0 heterocycles. The van der Waals surface area contributed by atoms with E-state index in [-0.39, 0.29) is 5.92 Å². The highest BCUT2D eigenvalue weighted by Crippen LogP contribution is 2.36. The minimum absolute atomic E-state index is 0.177. The van der Waals surface area contributed by atoms with Crippen LogP contribution in [0.2, 0.25) is 0 Å². The predicted molar refractivity (Wildman–Crippen MR) is 72.7 cm³/mol. The number of carbonyl (C=O) groups excluding carboxylic acids is 1. The van der Waals surface area contributed by atoms with Crippen LogP contribution < -0.4 is 5.73 Å². The van der Waals surface area contributed by atoms with E-state index in [0.29, 0.717) is 11.1 Å². The second kappa shape index (κ2) is 5.82. The van der Waals surface area contributed by atoms with E-state index in [1.54, 1.807) is 24.3 Å². The molecule has 1 aliphatic rings. The molecule has 1 aliphatic carbocycles. The van der Waals surface area contributed by atoms with Gasteiger partial charge in [-0.2, -0.15) is 0 Å². The zero-order chi connectivity index (χ0) is 13.9. The lowest BCUT2D eigenvalue weighted by Gasteiger charge is -2.36. The SMILES string of the molecule is CO[C@](N)(c1ccc(C=O)cc1)[C@H](O)C1CCCC1. The minimum Gasteiger partial charge on any atom is -0.388 e. The van der Waals surface area contributed by atoms with E-state index in [1.807, 2.05) is 0 Å². The van der Waals surface area contributed by atoms with Crippen LogP contribution >= 0.6 is 0 Å². The Morgan fingerprint density at radius 1 is 1.37 bits per heavy atom. The Labute approximate surface area is 113 Å². The second-order valence-electron chi connectivity index (χ2n) is 5.23. The van der Waals surface area contributed by atoms with Crippen LogP contribution in [0.1, 0.15) is 41.6 Å². The molecule has 0 bridgehead atoms. The molecule has 0 aliphatic heterocycles. The van der Waals surface area contributed by atoms with Gasteiger partial charge in [-0.05, 0) is 18.8 Å². The highest BCUT2D eigenvalue weighted by molar-refractivity contribution is 5.74. The molecule has 0 spiro atoms. The monoisotopic (exact) mass is 263 g/mol. The molecular formula is C15H21NO3. The van der Waals surface area contributed by atoms with Gasteiger partial charge < -0.3 is 9.84 Å². The lowest BCUT2D eigenvalue weighted by molar-refractivity contribution is -0.126. The van der Waals surface area contributed by atoms with Crippen LogP contribution in [0.4, 0.5) is 0 Å². The van der Waals surface area contributed by atoms with Gasteiger partial charge in [0.15, 0.2) is 5.72 Å². The van der Waals surface area contributed by atoms with Crippen molar-refractivity contribution in [2.24, 2.45) is 11.7 Å². The number of aliphatic hydroxyl groups is 1. The fourth-order valence-electron chi connectivity index (χ4n) is 2.85. The smallest absolute Gasteiger partial charge is 0.168 e. The average molecular weight is 263 g/mol. The van der Waals surface area contributed by atoms with E-state index >= 15 is 0 Å². The third kappa shape index (κ3) is 2.71. The van der Waals surface area contributed by atoms with Gasteiger partial charge in [0.1, 0.15) is 12.4 Å². The zero-order valence-corrected chi connectivity index (χ0v) is 11.2. The summed E-state index contributed by atoms with van der Waals surface area (Å²) in [5, 5.41) is 10.5. The molecule has 0 unspecified atom stereocenters. The molecule has 0 aromatic heterocycles. The summed E-state index contributed by atoms with van der Waals surface area (Å²) in [6.07, 6.45) is 4.27. The second-order valence-corrected chi connectivity index (χ2v) is 5.23. The Kier molecular flexibility index (Phi) is 4.34. The molecule has 0 radical (unpaired) electrons. The molecule has 2 atom stereocenters. The van der Waals surface area contributed by atoms with Crippen LogP contribution in [-0.2, 0) is 10.5 Å².